The lowest BCUT2D eigenvalue weighted by atomic mass is 9.85. The summed E-state index contributed by atoms with van der Waals surface area (Å²) in [6.45, 7) is 4.83. The Morgan fingerprint density at radius 3 is 2.33 bits per heavy atom. The maximum atomic E-state index is 6.02. The van der Waals surface area contributed by atoms with E-state index in [1.165, 1.54) is 5.56 Å². The molecule has 3 N–H and O–H groups in total. The predicted octanol–water partition coefficient (Wildman–Crippen LogP) is 3.41. The van der Waals surface area contributed by atoms with Crippen LogP contribution in [0.2, 0.25) is 0 Å². The van der Waals surface area contributed by atoms with E-state index in [0.29, 0.717) is 12.5 Å². The van der Waals surface area contributed by atoms with Gasteiger partial charge in [-0.25, -0.2) is 0 Å². The summed E-state index contributed by atoms with van der Waals surface area (Å²) in [5.41, 5.74) is 7.86. The molecule has 0 aliphatic heterocycles. The summed E-state index contributed by atoms with van der Waals surface area (Å²) in [5.74, 6) is 1.93. The van der Waals surface area contributed by atoms with Crippen LogP contribution >= 0.6 is 0 Å². The summed E-state index contributed by atoms with van der Waals surface area (Å²) in [7, 11) is 3.29. The van der Waals surface area contributed by atoms with Crippen molar-refractivity contribution in [3.8, 4) is 11.5 Å². The lowest BCUT2D eigenvalue weighted by Crippen LogP contribution is -2.28. The van der Waals surface area contributed by atoms with E-state index in [1.807, 2.05) is 36.4 Å². The second-order valence-corrected chi connectivity index (χ2v) is 6.14. The third-order valence-corrected chi connectivity index (χ3v) is 3.89. The Balaban J connectivity index is 2.07. The first kappa shape index (κ1) is 17.7. The Hall–Kier alpha value is -2.69. The molecule has 128 valence electrons. The maximum Gasteiger partial charge on any atom is 0.193 e. The van der Waals surface area contributed by atoms with Gasteiger partial charge in [0, 0.05) is 5.41 Å². The van der Waals surface area contributed by atoms with E-state index < -0.39 is 0 Å². The minimum Gasteiger partial charge on any atom is -0.497 e. The molecule has 0 atom stereocenters. The molecule has 5 heteroatoms. The maximum absolute atomic E-state index is 6.02. The number of methoxy groups -OCH3 is 2. The molecular weight excluding hydrogens is 302 g/mol. The van der Waals surface area contributed by atoms with Crippen molar-refractivity contribution in [1.29, 1.82) is 0 Å². The van der Waals surface area contributed by atoms with E-state index in [-0.39, 0.29) is 5.41 Å². The number of ether oxygens (including phenoxy) is 2. The Morgan fingerprint density at radius 1 is 1.04 bits per heavy atom. The molecule has 2 aromatic rings. The van der Waals surface area contributed by atoms with E-state index in [2.05, 4.69) is 36.3 Å². The zero-order valence-corrected chi connectivity index (χ0v) is 14.7. The van der Waals surface area contributed by atoms with Gasteiger partial charge in [0.2, 0.25) is 0 Å². The van der Waals surface area contributed by atoms with Gasteiger partial charge < -0.3 is 20.5 Å². The molecule has 0 heterocycles. The van der Waals surface area contributed by atoms with Gasteiger partial charge in [-0.15, -0.1) is 0 Å². The van der Waals surface area contributed by atoms with Gasteiger partial charge in [-0.1, -0.05) is 38.1 Å². The van der Waals surface area contributed by atoms with Crippen molar-refractivity contribution in [2.75, 3.05) is 26.1 Å². The van der Waals surface area contributed by atoms with Gasteiger partial charge in [0.15, 0.2) is 5.96 Å². The molecule has 0 radical (unpaired) electrons. The number of nitrogens with zero attached hydrogens (tertiary/aromatic N) is 1. The van der Waals surface area contributed by atoms with E-state index in [9.17, 15) is 0 Å². The lowest BCUT2D eigenvalue weighted by Gasteiger charge is -2.23. The number of nitrogens with one attached hydrogen (secondary N) is 1. The van der Waals surface area contributed by atoms with E-state index in [0.717, 1.165) is 17.2 Å². The predicted molar refractivity (Wildman–Crippen MR) is 99.1 cm³/mol. The van der Waals surface area contributed by atoms with Gasteiger partial charge in [0.1, 0.15) is 11.5 Å². The molecule has 0 aromatic heterocycles. The fourth-order valence-corrected chi connectivity index (χ4v) is 2.34. The first-order chi connectivity index (χ1) is 11.5. The summed E-state index contributed by atoms with van der Waals surface area (Å²) in [5, 5.41) is 3.09. The standard InChI is InChI=1S/C19H25N3O2/c1-19(2,14-9-11-15(23-3)12-10-14)13-21-18(20)22-16-7-5-6-8-17(16)24-4/h5-12H,13H2,1-4H3,(H3,20,21,22). The highest BCUT2D eigenvalue weighted by Gasteiger charge is 2.20. The van der Waals surface area contributed by atoms with Gasteiger partial charge in [-0.2, -0.15) is 0 Å². The number of hydrogen-bond donors (Lipinski definition) is 2. The number of guanidine groups is 1. The van der Waals surface area contributed by atoms with Gasteiger partial charge in [0.05, 0.1) is 26.5 Å². The number of aliphatic imine (C=N–C) groups is 1. The van der Waals surface area contributed by atoms with Crippen LogP contribution in [0.25, 0.3) is 0 Å². The highest BCUT2D eigenvalue weighted by Crippen LogP contribution is 2.26. The first-order valence-electron chi connectivity index (χ1n) is 7.81. The minimum atomic E-state index is -0.140. The van der Waals surface area contributed by atoms with Crippen LogP contribution in [-0.4, -0.2) is 26.7 Å². The minimum absolute atomic E-state index is 0.140. The fraction of sp³-hybridized carbons (Fsp3) is 0.316. The molecule has 0 bridgehead atoms. The van der Waals surface area contributed by atoms with Crippen molar-refractivity contribution < 1.29 is 9.47 Å². The topological polar surface area (TPSA) is 68.9 Å². The summed E-state index contributed by atoms with van der Waals surface area (Å²) >= 11 is 0. The molecule has 0 unspecified atom stereocenters. The average molecular weight is 327 g/mol. The van der Waals surface area contributed by atoms with Gasteiger partial charge in [-0.3, -0.25) is 4.99 Å². The van der Waals surface area contributed by atoms with Crippen LogP contribution in [0, 0.1) is 0 Å². The number of nitrogens with two attached hydrogens (primary N) is 1. The number of hydrogen-bond acceptors (Lipinski definition) is 3. The van der Waals surface area contributed by atoms with Gasteiger partial charge in [-0.05, 0) is 29.8 Å². The van der Waals surface area contributed by atoms with Crippen molar-refractivity contribution in [3.63, 3.8) is 0 Å². The first-order valence-corrected chi connectivity index (χ1v) is 7.81. The number of rotatable bonds is 6. The van der Waals surface area contributed by atoms with Crippen LogP contribution in [0.4, 0.5) is 5.69 Å². The molecule has 0 aliphatic carbocycles. The van der Waals surface area contributed by atoms with Gasteiger partial charge in [0.25, 0.3) is 0 Å². The van der Waals surface area contributed by atoms with Crippen LogP contribution in [-0.2, 0) is 5.41 Å². The highest BCUT2D eigenvalue weighted by atomic mass is 16.5. The van der Waals surface area contributed by atoms with Crippen LogP contribution in [0.15, 0.2) is 53.5 Å². The van der Waals surface area contributed by atoms with Crippen LogP contribution in [0.1, 0.15) is 19.4 Å². The number of para-hydroxylation sites is 2. The lowest BCUT2D eigenvalue weighted by molar-refractivity contribution is 0.414. The van der Waals surface area contributed by atoms with Crippen molar-refractivity contribution in [2.24, 2.45) is 10.7 Å². The zero-order chi connectivity index (χ0) is 17.6. The molecule has 24 heavy (non-hydrogen) atoms. The molecule has 2 rings (SSSR count). The van der Waals surface area contributed by atoms with E-state index >= 15 is 0 Å². The molecular formula is C19H25N3O2. The number of benzene rings is 2. The molecule has 0 amide bonds. The molecule has 5 nitrogen and oxygen atoms in total. The monoisotopic (exact) mass is 327 g/mol. The Bertz CT molecular complexity index is 694. The molecule has 2 aromatic carbocycles. The summed E-state index contributed by atoms with van der Waals surface area (Å²) in [6, 6.07) is 15.6. The van der Waals surface area contributed by atoms with Crippen molar-refractivity contribution in [2.45, 2.75) is 19.3 Å². The zero-order valence-electron chi connectivity index (χ0n) is 14.7. The third kappa shape index (κ3) is 4.41. The fourth-order valence-electron chi connectivity index (χ4n) is 2.34. The normalized spacial score (nSPS) is 11.9. The van der Waals surface area contributed by atoms with Crippen LogP contribution < -0.4 is 20.5 Å². The van der Waals surface area contributed by atoms with E-state index in [1.54, 1.807) is 14.2 Å². The largest absolute Gasteiger partial charge is 0.497 e. The Morgan fingerprint density at radius 2 is 1.71 bits per heavy atom. The van der Waals surface area contributed by atoms with E-state index in [4.69, 9.17) is 15.2 Å². The second-order valence-electron chi connectivity index (χ2n) is 6.14. The van der Waals surface area contributed by atoms with Crippen LogP contribution in [0.3, 0.4) is 0 Å². The van der Waals surface area contributed by atoms with Crippen molar-refractivity contribution >= 4 is 11.6 Å². The van der Waals surface area contributed by atoms with Gasteiger partial charge >= 0.3 is 0 Å². The summed E-state index contributed by atoms with van der Waals surface area (Å²) < 4.78 is 10.5. The SMILES string of the molecule is COc1ccc(C(C)(C)CN=C(N)Nc2ccccc2OC)cc1. The molecule has 0 saturated heterocycles. The second kappa shape index (κ2) is 7.73. The van der Waals surface area contributed by atoms with Crippen LogP contribution in [0.5, 0.6) is 11.5 Å². The Kier molecular flexibility index (Phi) is 5.68. The number of anilines is 1. The molecule has 0 spiro atoms. The molecule has 0 saturated carbocycles. The Labute approximate surface area is 143 Å². The summed E-state index contributed by atoms with van der Waals surface area (Å²) in [4.78, 5) is 4.48. The van der Waals surface area contributed by atoms with Crippen molar-refractivity contribution in [3.05, 3.63) is 54.1 Å². The smallest absolute Gasteiger partial charge is 0.193 e. The molecule has 0 fully saturated rings. The highest BCUT2D eigenvalue weighted by molar-refractivity contribution is 5.93. The van der Waals surface area contributed by atoms with Crippen molar-refractivity contribution in [1.82, 2.24) is 0 Å². The average Bonchev–Trinajstić information content (AvgIpc) is 2.60. The molecule has 0 aliphatic rings. The third-order valence-electron chi connectivity index (χ3n) is 3.89. The quantitative estimate of drug-likeness (QED) is 0.630. The summed E-state index contributed by atoms with van der Waals surface area (Å²) in [6.07, 6.45) is 0.